The summed E-state index contributed by atoms with van der Waals surface area (Å²) in [6, 6.07) is 15.4. The molecule has 3 heterocycles. The normalized spacial score (nSPS) is 11.2. The van der Waals surface area contributed by atoms with Crippen molar-refractivity contribution in [3.63, 3.8) is 0 Å². The van der Waals surface area contributed by atoms with Gasteiger partial charge in [0.2, 0.25) is 11.7 Å². The molecule has 194 valence electrons. The zero-order valence-corrected chi connectivity index (χ0v) is 21.3. The molecule has 2 N–H and O–H groups in total. The monoisotopic (exact) mass is 513 g/mol. The van der Waals surface area contributed by atoms with Crippen molar-refractivity contribution in [3.8, 4) is 22.5 Å². The van der Waals surface area contributed by atoms with Gasteiger partial charge in [-0.25, -0.2) is 9.31 Å². The van der Waals surface area contributed by atoms with Gasteiger partial charge in [0.05, 0.1) is 5.69 Å². The van der Waals surface area contributed by atoms with Crippen molar-refractivity contribution < 1.29 is 9.32 Å². The Morgan fingerprint density at radius 2 is 1.82 bits per heavy atom. The van der Waals surface area contributed by atoms with Gasteiger partial charge in [0, 0.05) is 24.6 Å². The second-order valence-electron chi connectivity index (χ2n) is 8.97. The van der Waals surface area contributed by atoms with Gasteiger partial charge in [0.15, 0.2) is 5.82 Å². The topological polar surface area (TPSA) is 140 Å². The van der Waals surface area contributed by atoms with Crippen LogP contribution in [0.4, 0.5) is 0 Å². The van der Waals surface area contributed by atoms with Crippen LogP contribution in [0.5, 0.6) is 0 Å². The smallest absolute Gasteiger partial charge is 0.358 e. The number of hydrogen-bond acceptors (Lipinski definition) is 7. The number of benzene rings is 2. The van der Waals surface area contributed by atoms with Crippen molar-refractivity contribution in [2.24, 2.45) is 0 Å². The largest absolute Gasteiger partial charge is 0.439 e. The van der Waals surface area contributed by atoms with E-state index in [0.717, 1.165) is 34.4 Å². The molecule has 5 rings (SSSR count). The highest BCUT2D eigenvalue weighted by atomic mass is 16.5. The fourth-order valence-corrected chi connectivity index (χ4v) is 4.59. The van der Waals surface area contributed by atoms with Gasteiger partial charge in [0.25, 0.3) is 5.56 Å². The van der Waals surface area contributed by atoms with Crippen LogP contribution in [0.2, 0.25) is 0 Å². The molecule has 11 heteroatoms. The summed E-state index contributed by atoms with van der Waals surface area (Å²) in [6.45, 7) is 3.67. The van der Waals surface area contributed by atoms with Crippen molar-refractivity contribution in [1.82, 2.24) is 34.6 Å². The summed E-state index contributed by atoms with van der Waals surface area (Å²) in [5, 5.41) is 10.9. The van der Waals surface area contributed by atoms with E-state index >= 15 is 0 Å². The Balaban J connectivity index is 1.56. The number of nitrogens with one attached hydrogen (secondary N) is 2. The zero-order chi connectivity index (χ0) is 26.8. The highest BCUT2D eigenvalue weighted by Gasteiger charge is 2.21. The lowest BCUT2D eigenvalue weighted by Gasteiger charge is -2.15. The lowest BCUT2D eigenvalue weighted by molar-refractivity contribution is -0.121. The lowest BCUT2D eigenvalue weighted by atomic mass is 9.96. The van der Waals surface area contributed by atoms with E-state index in [4.69, 9.17) is 0 Å². The zero-order valence-electron chi connectivity index (χ0n) is 21.3. The van der Waals surface area contributed by atoms with Crippen LogP contribution < -0.4 is 16.6 Å². The molecule has 0 aliphatic carbocycles. The Kier molecular flexibility index (Phi) is 6.73. The number of hydrogen-bond donors (Lipinski definition) is 2. The average molecular weight is 514 g/mol. The number of aromatic amines is 1. The summed E-state index contributed by atoms with van der Waals surface area (Å²) in [6.07, 6.45) is 1.83. The molecule has 0 aliphatic heterocycles. The number of carbonyl (C=O) groups is 1. The van der Waals surface area contributed by atoms with Crippen LogP contribution in [0.3, 0.4) is 0 Å². The van der Waals surface area contributed by atoms with E-state index < -0.39 is 5.76 Å². The summed E-state index contributed by atoms with van der Waals surface area (Å²) in [5.74, 6) is 0.337. The number of carbonyl (C=O) groups excluding carboxylic acids is 1. The number of H-pyrrole nitrogens is 1. The molecular formula is C27H27N7O4. The van der Waals surface area contributed by atoms with E-state index in [0.29, 0.717) is 35.8 Å². The number of amides is 1. The molecule has 1 amide bonds. The molecule has 0 spiro atoms. The Labute approximate surface area is 217 Å². The minimum absolute atomic E-state index is 0.143. The van der Waals surface area contributed by atoms with Crippen LogP contribution >= 0.6 is 0 Å². The number of aromatic nitrogens is 6. The first-order valence-electron chi connectivity index (χ1n) is 12.3. The van der Waals surface area contributed by atoms with Gasteiger partial charge in [-0.1, -0.05) is 67.0 Å². The number of nitrogens with zero attached hydrogens (tertiary/aromatic N) is 5. The first-order valence-corrected chi connectivity index (χ1v) is 12.3. The minimum atomic E-state index is -0.616. The van der Waals surface area contributed by atoms with Crippen molar-refractivity contribution in [2.45, 2.75) is 39.7 Å². The lowest BCUT2D eigenvalue weighted by Crippen LogP contribution is -2.34. The van der Waals surface area contributed by atoms with Crippen LogP contribution in [-0.2, 0) is 24.2 Å². The van der Waals surface area contributed by atoms with Crippen molar-refractivity contribution in [3.05, 3.63) is 92.1 Å². The number of rotatable bonds is 8. The van der Waals surface area contributed by atoms with Crippen LogP contribution in [0, 0.1) is 6.92 Å². The van der Waals surface area contributed by atoms with E-state index in [1.807, 2.05) is 55.5 Å². The molecule has 0 fully saturated rings. The number of likely N-dealkylation sites (N-methyl/N-ethyl adjacent to an activating group) is 1. The Morgan fingerprint density at radius 3 is 2.47 bits per heavy atom. The van der Waals surface area contributed by atoms with Crippen molar-refractivity contribution in [2.75, 3.05) is 7.05 Å². The molecule has 0 aliphatic rings. The highest BCUT2D eigenvalue weighted by molar-refractivity contribution is 5.80. The standard InChI is InChI=1S/C27H27N7O4/c1-4-7-22-21(25(36)33(15-23(35)28-3)26-29-16(2)31-34(22)26)14-17-10-12-18(13-11-17)19-8-5-6-9-20(19)24-30-27(37)38-32-24/h5-6,8-13H,4,7,14-15H2,1-3H3,(H,28,35)(H,30,32,37). The van der Waals surface area contributed by atoms with Gasteiger partial charge in [0.1, 0.15) is 12.4 Å². The second-order valence-corrected chi connectivity index (χ2v) is 8.97. The van der Waals surface area contributed by atoms with Crippen molar-refractivity contribution >= 4 is 11.7 Å². The summed E-state index contributed by atoms with van der Waals surface area (Å²) < 4.78 is 7.76. The summed E-state index contributed by atoms with van der Waals surface area (Å²) >= 11 is 0. The van der Waals surface area contributed by atoms with Crippen LogP contribution in [0.1, 0.15) is 36.0 Å². The first kappa shape index (κ1) is 24.9. The molecule has 0 atom stereocenters. The van der Waals surface area contributed by atoms with Gasteiger partial charge in [-0.15, -0.1) is 0 Å². The Morgan fingerprint density at radius 1 is 1.08 bits per heavy atom. The number of fused-ring (bicyclic) bond motifs is 1. The predicted octanol–water partition coefficient (Wildman–Crippen LogP) is 2.50. The molecule has 0 saturated carbocycles. The van der Waals surface area contributed by atoms with Crippen molar-refractivity contribution in [1.29, 1.82) is 0 Å². The SMILES string of the molecule is CCCc1c(Cc2ccc(-c3ccccc3-c3noc(=O)[nH]3)cc2)c(=O)n(CC(=O)NC)c2nc(C)nn12. The summed E-state index contributed by atoms with van der Waals surface area (Å²) in [5.41, 5.74) is 4.59. The molecule has 5 aromatic rings. The van der Waals surface area contributed by atoms with Crippen LogP contribution in [0.25, 0.3) is 28.3 Å². The van der Waals surface area contributed by atoms with Crippen LogP contribution in [0.15, 0.2) is 62.6 Å². The quantitative estimate of drug-likeness (QED) is 0.325. The van der Waals surface area contributed by atoms with E-state index in [9.17, 15) is 14.4 Å². The van der Waals surface area contributed by atoms with E-state index in [-0.39, 0.29) is 18.0 Å². The number of aryl methyl sites for hydroxylation is 2. The third-order valence-electron chi connectivity index (χ3n) is 6.38. The third-order valence-corrected chi connectivity index (χ3v) is 6.38. The molecule has 0 unspecified atom stereocenters. The molecule has 0 bridgehead atoms. The molecule has 3 aromatic heterocycles. The first-order chi connectivity index (χ1) is 18.4. The van der Waals surface area contributed by atoms with Crippen LogP contribution in [-0.4, -0.2) is 42.3 Å². The van der Waals surface area contributed by atoms with E-state index in [1.165, 1.54) is 11.6 Å². The molecule has 11 nitrogen and oxygen atoms in total. The second kappa shape index (κ2) is 10.3. The maximum atomic E-state index is 13.7. The molecule has 0 saturated heterocycles. The van der Waals surface area contributed by atoms with E-state index in [1.54, 1.807) is 11.4 Å². The molecule has 0 radical (unpaired) electrons. The Hall–Kier alpha value is -4.80. The summed E-state index contributed by atoms with van der Waals surface area (Å²) in [7, 11) is 1.53. The van der Waals surface area contributed by atoms with Gasteiger partial charge < -0.3 is 5.32 Å². The molecule has 2 aromatic carbocycles. The summed E-state index contributed by atoms with van der Waals surface area (Å²) in [4.78, 5) is 44.4. The molecule has 38 heavy (non-hydrogen) atoms. The highest BCUT2D eigenvalue weighted by Crippen LogP contribution is 2.30. The van der Waals surface area contributed by atoms with Gasteiger partial charge >= 0.3 is 5.76 Å². The van der Waals surface area contributed by atoms with Gasteiger partial charge in [-0.3, -0.25) is 23.7 Å². The van der Waals surface area contributed by atoms with Gasteiger partial charge in [-0.2, -0.15) is 10.1 Å². The predicted molar refractivity (Wildman–Crippen MR) is 141 cm³/mol. The average Bonchev–Trinajstić information content (AvgIpc) is 3.54. The fraction of sp³-hybridized carbons (Fsp3) is 0.259. The fourth-order valence-electron chi connectivity index (χ4n) is 4.59. The maximum absolute atomic E-state index is 13.7. The minimum Gasteiger partial charge on any atom is -0.358 e. The third kappa shape index (κ3) is 4.65. The maximum Gasteiger partial charge on any atom is 0.439 e. The van der Waals surface area contributed by atoms with E-state index in [2.05, 4.69) is 30.1 Å². The Bertz CT molecular complexity index is 1740. The van der Waals surface area contributed by atoms with Gasteiger partial charge in [-0.05, 0) is 30.0 Å². The molecular weight excluding hydrogens is 486 g/mol.